The molecule has 0 unspecified atom stereocenters. The largest absolute Gasteiger partial charge is 0.350 e. The lowest BCUT2D eigenvalue weighted by Gasteiger charge is -2.07. The van der Waals surface area contributed by atoms with Gasteiger partial charge >= 0.3 is 5.69 Å². The summed E-state index contributed by atoms with van der Waals surface area (Å²) in [6.45, 7) is 2.56. The molecule has 1 amide bonds. The third-order valence-electron chi connectivity index (χ3n) is 3.67. The number of fused-ring (bicyclic) bond motifs is 1. The number of hydrogen-bond donors (Lipinski definition) is 2. The van der Waals surface area contributed by atoms with Gasteiger partial charge in [0.25, 0.3) is 5.91 Å². The van der Waals surface area contributed by atoms with E-state index in [0.29, 0.717) is 29.7 Å². The van der Waals surface area contributed by atoms with E-state index < -0.39 is 5.82 Å². The molecule has 0 spiro atoms. The molecule has 0 bridgehead atoms. The second-order valence-electron chi connectivity index (χ2n) is 5.37. The molecule has 0 saturated heterocycles. The standard InChI is InChI=1S/C17H16FN3O2/c1-11-2-4-12(5-3-11)16(22)19-8-9-21-15-7-6-13(18)10-14(15)20-17(21)23/h2-7,10H,8-9H2,1H3,(H,19,22)(H,20,23). The first-order valence-electron chi connectivity index (χ1n) is 7.27. The lowest BCUT2D eigenvalue weighted by atomic mass is 10.1. The van der Waals surface area contributed by atoms with Gasteiger partial charge in [-0.25, -0.2) is 9.18 Å². The number of benzene rings is 2. The lowest BCUT2D eigenvalue weighted by Crippen LogP contribution is -2.30. The van der Waals surface area contributed by atoms with Gasteiger partial charge in [0.05, 0.1) is 11.0 Å². The summed E-state index contributed by atoms with van der Waals surface area (Å²) in [6, 6.07) is 11.4. The van der Waals surface area contributed by atoms with Crippen LogP contribution < -0.4 is 11.0 Å². The van der Waals surface area contributed by atoms with Gasteiger partial charge in [0.2, 0.25) is 0 Å². The Morgan fingerprint density at radius 2 is 1.96 bits per heavy atom. The van der Waals surface area contributed by atoms with Crippen LogP contribution in [0.3, 0.4) is 0 Å². The van der Waals surface area contributed by atoms with Crippen LogP contribution in [0.25, 0.3) is 11.0 Å². The van der Waals surface area contributed by atoms with Gasteiger partial charge in [-0.15, -0.1) is 0 Å². The first-order valence-corrected chi connectivity index (χ1v) is 7.27. The van der Waals surface area contributed by atoms with E-state index in [9.17, 15) is 14.0 Å². The highest BCUT2D eigenvalue weighted by Crippen LogP contribution is 2.11. The monoisotopic (exact) mass is 313 g/mol. The molecule has 1 aromatic heterocycles. The number of nitrogens with one attached hydrogen (secondary N) is 2. The average Bonchev–Trinajstić information content (AvgIpc) is 2.83. The number of H-pyrrole nitrogens is 1. The van der Waals surface area contributed by atoms with Crippen LogP contribution in [-0.2, 0) is 6.54 Å². The fourth-order valence-electron chi connectivity index (χ4n) is 2.45. The molecule has 0 atom stereocenters. The van der Waals surface area contributed by atoms with Crippen molar-refractivity contribution in [3.8, 4) is 0 Å². The van der Waals surface area contributed by atoms with Crippen LogP contribution in [0.5, 0.6) is 0 Å². The summed E-state index contributed by atoms with van der Waals surface area (Å²) in [6.07, 6.45) is 0. The number of imidazole rings is 1. The Hall–Kier alpha value is -2.89. The van der Waals surface area contributed by atoms with Crippen molar-refractivity contribution in [1.82, 2.24) is 14.9 Å². The lowest BCUT2D eigenvalue weighted by molar-refractivity contribution is 0.0952. The van der Waals surface area contributed by atoms with E-state index in [2.05, 4.69) is 10.3 Å². The van der Waals surface area contributed by atoms with Crippen molar-refractivity contribution in [2.24, 2.45) is 0 Å². The third kappa shape index (κ3) is 3.15. The number of aryl methyl sites for hydroxylation is 1. The molecule has 1 heterocycles. The summed E-state index contributed by atoms with van der Waals surface area (Å²) in [5.41, 5.74) is 2.39. The van der Waals surface area contributed by atoms with Gasteiger partial charge in [0, 0.05) is 18.7 Å². The molecule has 2 aromatic carbocycles. The van der Waals surface area contributed by atoms with E-state index in [4.69, 9.17) is 0 Å². The minimum absolute atomic E-state index is 0.191. The van der Waals surface area contributed by atoms with Crippen LogP contribution in [-0.4, -0.2) is 22.0 Å². The van der Waals surface area contributed by atoms with Crippen molar-refractivity contribution in [3.63, 3.8) is 0 Å². The van der Waals surface area contributed by atoms with Gasteiger partial charge in [-0.1, -0.05) is 17.7 Å². The summed E-state index contributed by atoms with van der Waals surface area (Å²) in [5, 5.41) is 2.77. The summed E-state index contributed by atoms with van der Waals surface area (Å²) < 4.78 is 14.6. The normalized spacial score (nSPS) is 10.9. The zero-order valence-corrected chi connectivity index (χ0v) is 12.6. The van der Waals surface area contributed by atoms with E-state index in [-0.39, 0.29) is 11.6 Å². The smallest absolute Gasteiger partial charge is 0.326 e. The quantitative estimate of drug-likeness (QED) is 0.775. The number of halogens is 1. The molecule has 0 fully saturated rings. The maximum Gasteiger partial charge on any atom is 0.326 e. The zero-order chi connectivity index (χ0) is 16.4. The Morgan fingerprint density at radius 1 is 1.22 bits per heavy atom. The predicted molar refractivity (Wildman–Crippen MR) is 86.0 cm³/mol. The van der Waals surface area contributed by atoms with Gasteiger partial charge < -0.3 is 10.3 Å². The van der Waals surface area contributed by atoms with E-state index in [1.54, 1.807) is 18.2 Å². The molecule has 0 aliphatic heterocycles. The van der Waals surface area contributed by atoms with Gasteiger partial charge in [-0.05, 0) is 37.3 Å². The van der Waals surface area contributed by atoms with E-state index >= 15 is 0 Å². The fraction of sp³-hybridized carbons (Fsp3) is 0.176. The molecule has 0 aliphatic carbocycles. The van der Waals surface area contributed by atoms with Gasteiger partial charge in [-0.2, -0.15) is 0 Å². The molecule has 23 heavy (non-hydrogen) atoms. The van der Waals surface area contributed by atoms with Gasteiger partial charge in [-0.3, -0.25) is 9.36 Å². The summed E-state index contributed by atoms with van der Waals surface area (Å²) in [4.78, 5) is 26.5. The highest BCUT2D eigenvalue weighted by molar-refractivity contribution is 5.94. The van der Waals surface area contributed by atoms with Gasteiger partial charge in [0.15, 0.2) is 0 Å². The number of hydrogen-bond acceptors (Lipinski definition) is 2. The molecule has 118 valence electrons. The number of carbonyl (C=O) groups excluding carboxylic acids is 1. The van der Waals surface area contributed by atoms with E-state index in [0.717, 1.165) is 5.56 Å². The molecule has 3 aromatic rings. The molecular weight excluding hydrogens is 297 g/mol. The van der Waals surface area contributed by atoms with Crippen LogP contribution in [0.4, 0.5) is 4.39 Å². The topological polar surface area (TPSA) is 66.9 Å². The number of aromatic amines is 1. The molecule has 0 aliphatic rings. The minimum Gasteiger partial charge on any atom is -0.350 e. The molecule has 5 nitrogen and oxygen atoms in total. The highest BCUT2D eigenvalue weighted by Gasteiger charge is 2.09. The summed E-state index contributed by atoms with van der Waals surface area (Å²) in [5.74, 6) is -0.595. The number of carbonyl (C=O) groups is 1. The summed E-state index contributed by atoms with van der Waals surface area (Å²) >= 11 is 0. The van der Waals surface area contributed by atoms with Crippen LogP contribution in [0.15, 0.2) is 47.3 Å². The SMILES string of the molecule is Cc1ccc(C(=O)NCCn2c(=O)[nH]c3cc(F)ccc32)cc1. The maximum absolute atomic E-state index is 13.2. The second-order valence-corrected chi connectivity index (χ2v) is 5.37. The number of rotatable bonds is 4. The molecule has 2 N–H and O–H groups in total. The average molecular weight is 313 g/mol. The Morgan fingerprint density at radius 3 is 2.70 bits per heavy atom. The number of nitrogens with zero attached hydrogens (tertiary/aromatic N) is 1. The molecule has 0 radical (unpaired) electrons. The molecular formula is C17H16FN3O2. The van der Waals surface area contributed by atoms with Crippen molar-refractivity contribution in [1.29, 1.82) is 0 Å². The van der Waals surface area contributed by atoms with Crippen molar-refractivity contribution in [2.75, 3.05) is 6.54 Å². The number of amides is 1. The summed E-state index contributed by atoms with van der Waals surface area (Å²) in [7, 11) is 0. The predicted octanol–water partition coefficient (Wildman–Crippen LogP) is 2.21. The van der Waals surface area contributed by atoms with Crippen molar-refractivity contribution >= 4 is 16.9 Å². The molecule has 6 heteroatoms. The van der Waals surface area contributed by atoms with Crippen molar-refractivity contribution in [2.45, 2.75) is 13.5 Å². The van der Waals surface area contributed by atoms with Crippen LogP contribution in [0, 0.1) is 12.7 Å². The molecule has 3 rings (SSSR count). The maximum atomic E-state index is 13.2. The zero-order valence-electron chi connectivity index (χ0n) is 12.6. The first-order chi connectivity index (χ1) is 11.0. The van der Waals surface area contributed by atoms with Crippen LogP contribution in [0.2, 0.25) is 0 Å². The number of aromatic nitrogens is 2. The first kappa shape index (κ1) is 15.0. The van der Waals surface area contributed by atoms with Crippen LogP contribution >= 0.6 is 0 Å². The second kappa shape index (κ2) is 6.08. The highest BCUT2D eigenvalue weighted by atomic mass is 19.1. The van der Waals surface area contributed by atoms with Crippen LogP contribution in [0.1, 0.15) is 15.9 Å². The Bertz CT molecular complexity index is 910. The van der Waals surface area contributed by atoms with E-state index in [1.165, 1.54) is 16.7 Å². The van der Waals surface area contributed by atoms with Crippen molar-refractivity contribution in [3.05, 3.63) is 69.9 Å². The van der Waals surface area contributed by atoms with E-state index in [1.807, 2.05) is 19.1 Å². The van der Waals surface area contributed by atoms with Crippen molar-refractivity contribution < 1.29 is 9.18 Å². The fourth-order valence-corrected chi connectivity index (χ4v) is 2.45. The van der Waals surface area contributed by atoms with Gasteiger partial charge in [0.1, 0.15) is 5.82 Å². The Balaban J connectivity index is 1.69. The minimum atomic E-state index is -0.404. The third-order valence-corrected chi connectivity index (χ3v) is 3.67. The Kier molecular flexibility index (Phi) is 3.97. The molecule has 0 saturated carbocycles. The Labute approximate surface area is 131 Å².